The van der Waals surface area contributed by atoms with Crippen molar-refractivity contribution in [3.8, 4) is 11.4 Å². The Labute approximate surface area is 136 Å². The highest BCUT2D eigenvalue weighted by molar-refractivity contribution is 6.67. The average Bonchev–Trinajstić information content (AvgIpc) is 2.55. The fourth-order valence-electron chi connectivity index (χ4n) is 2.33. The van der Waals surface area contributed by atoms with Crippen LogP contribution in [-0.2, 0) is 6.42 Å². The molecule has 0 aliphatic carbocycles. The predicted molar refractivity (Wildman–Crippen MR) is 90.1 cm³/mol. The molecule has 22 heavy (non-hydrogen) atoms. The highest BCUT2D eigenvalue weighted by Gasteiger charge is 2.05. The molecule has 0 radical (unpaired) electrons. The topological polar surface area (TPSA) is 42.9 Å². The van der Waals surface area contributed by atoms with Crippen molar-refractivity contribution in [3.05, 3.63) is 47.8 Å². The van der Waals surface area contributed by atoms with Gasteiger partial charge in [-0.3, -0.25) is 4.79 Å². The van der Waals surface area contributed by atoms with Crippen LogP contribution in [0.1, 0.15) is 55.1 Å². The van der Waals surface area contributed by atoms with E-state index in [0.717, 1.165) is 24.1 Å². The van der Waals surface area contributed by atoms with Crippen LogP contribution in [0.3, 0.4) is 0 Å². The molecule has 0 spiro atoms. The van der Waals surface area contributed by atoms with Crippen LogP contribution < -0.4 is 0 Å². The summed E-state index contributed by atoms with van der Waals surface area (Å²) in [5, 5.41) is -0.451. The lowest BCUT2D eigenvalue weighted by molar-refractivity contribution is 0.108. The molecule has 0 unspecified atom stereocenters. The molecule has 1 heterocycles. The summed E-state index contributed by atoms with van der Waals surface area (Å²) < 4.78 is 0. The second-order valence-electron chi connectivity index (χ2n) is 5.39. The minimum absolute atomic E-state index is 0.451. The number of carbonyl (C=O) groups is 1. The number of hydrogen-bond donors (Lipinski definition) is 0. The van der Waals surface area contributed by atoms with Crippen molar-refractivity contribution in [2.75, 3.05) is 0 Å². The predicted octanol–water partition coefficient (Wildman–Crippen LogP) is 5.04. The SMILES string of the molecule is CCCCCCCc1ccnc(-c2ccc(C(=O)Cl)cc2)n1. The van der Waals surface area contributed by atoms with Crippen molar-refractivity contribution in [2.45, 2.75) is 45.4 Å². The van der Waals surface area contributed by atoms with Gasteiger partial charge < -0.3 is 0 Å². The number of unbranched alkanes of at least 4 members (excludes halogenated alkanes) is 4. The molecule has 0 bridgehead atoms. The minimum atomic E-state index is -0.451. The monoisotopic (exact) mass is 316 g/mol. The quantitative estimate of drug-likeness (QED) is 0.506. The maximum absolute atomic E-state index is 11.1. The molecule has 1 aromatic heterocycles. The minimum Gasteiger partial charge on any atom is -0.276 e. The lowest BCUT2D eigenvalue weighted by atomic mass is 10.1. The zero-order chi connectivity index (χ0) is 15.8. The van der Waals surface area contributed by atoms with E-state index in [9.17, 15) is 4.79 Å². The van der Waals surface area contributed by atoms with Crippen molar-refractivity contribution >= 4 is 16.8 Å². The first-order chi connectivity index (χ1) is 10.7. The van der Waals surface area contributed by atoms with Crippen LogP contribution >= 0.6 is 11.6 Å². The second kappa shape index (κ2) is 8.64. The van der Waals surface area contributed by atoms with E-state index in [2.05, 4.69) is 16.9 Å². The van der Waals surface area contributed by atoms with Crippen molar-refractivity contribution in [1.29, 1.82) is 0 Å². The summed E-state index contributed by atoms with van der Waals surface area (Å²) in [6, 6.07) is 9.03. The second-order valence-corrected chi connectivity index (χ2v) is 5.73. The molecule has 0 fully saturated rings. The number of halogens is 1. The Morgan fingerprint density at radius 1 is 1.05 bits per heavy atom. The van der Waals surface area contributed by atoms with Crippen LogP contribution in [0, 0.1) is 0 Å². The van der Waals surface area contributed by atoms with Crippen LogP contribution in [0.5, 0.6) is 0 Å². The van der Waals surface area contributed by atoms with Crippen molar-refractivity contribution in [1.82, 2.24) is 9.97 Å². The van der Waals surface area contributed by atoms with E-state index >= 15 is 0 Å². The van der Waals surface area contributed by atoms with Crippen LogP contribution in [-0.4, -0.2) is 15.2 Å². The first-order valence-electron chi connectivity index (χ1n) is 7.83. The Morgan fingerprint density at radius 3 is 2.45 bits per heavy atom. The van der Waals surface area contributed by atoms with E-state index in [1.165, 1.54) is 25.7 Å². The van der Waals surface area contributed by atoms with Gasteiger partial charge >= 0.3 is 0 Å². The van der Waals surface area contributed by atoms with Gasteiger partial charge in [-0.2, -0.15) is 0 Å². The van der Waals surface area contributed by atoms with Crippen molar-refractivity contribution < 1.29 is 4.79 Å². The summed E-state index contributed by atoms with van der Waals surface area (Å²) in [5.41, 5.74) is 2.45. The molecule has 116 valence electrons. The van der Waals surface area contributed by atoms with Gasteiger partial charge in [-0.1, -0.05) is 44.7 Å². The summed E-state index contributed by atoms with van der Waals surface area (Å²) in [6.07, 6.45) is 9.05. The van der Waals surface area contributed by atoms with Gasteiger partial charge in [0.05, 0.1) is 0 Å². The number of aryl methyl sites for hydroxylation is 1. The molecule has 2 aromatic rings. The average molecular weight is 317 g/mol. The molecule has 0 saturated heterocycles. The van der Waals surface area contributed by atoms with Gasteiger partial charge in [-0.25, -0.2) is 9.97 Å². The largest absolute Gasteiger partial charge is 0.276 e. The molecular formula is C18H21ClN2O. The summed E-state index contributed by atoms with van der Waals surface area (Å²) in [5.74, 6) is 0.694. The number of benzene rings is 1. The maximum atomic E-state index is 11.1. The Balaban J connectivity index is 2.00. The summed E-state index contributed by atoms with van der Waals surface area (Å²) in [7, 11) is 0. The number of nitrogens with zero attached hydrogens (tertiary/aromatic N) is 2. The highest BCUT2D eigenvalue weighted by atomic mass is 35.5. The van der Waals surface area contributed by atoms with E-state index in [4.69, 9.17) is 11.6 Å². The number of hydrogen-bond acceptors (Lipinski definition) is 3. The summed E-state index contributed by atoms with van der Waals surface area (Å²) >= 11 is 5.45. The molecule has 0 aliphatic heterocycles. The van der Waals surface area contributed by atoms with Gasteiger partial charge in [0.2, 0.25) is 0 Å². The Kier molecular flexibility index (Phi) is 6.53. The molecule has 3 nitrogen and oxygen atoms in total. The van der Waals surface area contributed by atoms with Crippen LogP contribution in [0.4, 0.5) is 0 Å². The third-order valence-electron chi connectivity index (χ3n) is 3.62. The third-order valence-corrected chi connectivity index (χ3v) is 3.84. The third kappa shape index (κ3) is 4.92. The van der Waals surface area contributed by atoms with E-state index in [1.54, 1.807) is 18.3 Å². The summed E-state index contributed by atoms with van der Waals surface area (Å²) in [4.78, 5) is 20.0. The van der Waals surface area contributed by atoms with Gasteiger partial charge in [0.15, 0.2) is 5.82 Å². The lowest BCUT2D eigenvalue weighted by Gasteiger charge is -2.04. The van der Waals surface area contributed by atoms with Crippen molar-refractivity contribution in [2.24, 2.45) is 0 Å². The van der Waals surface area contributed by atoms with Gasteiger partial charge in [0.1, 0.15) is 0 Å². The Hall–Kier alpha value is -1.74. The van der Waals surface area contributed by atoms with Crippen LogP contribution in [0.25, 0.3) is 11.4 Å². The molecular weight excluding hydrogens is 296 g/mol. The van der Waals surface area contributed by atoms with E-state index in [-0.39, 0.29) is 0 Å². The smallest absolute Gasteiger partial charge is 0.252 e. The van der Waals surface area contributed by atoms with E-state index in [1.807, 2.05) is 18.2 Å². The normalized spacial score (nSPS) is 10.6. The Morgan fingerprint density at radius 2 is 1.77 bits per heavy atom. The first kappa shape index (κ1) is 16.6. The van der Waals surface area contributed by atoms with Crippen LogP contribution in [0.2, 0.25) is 0 Å². The molecule has 0 N–H and O–H groups in total. The molecule has 0 amide bonds. The van der Waals surface area contributed by atoms with Gasteiger partial charge in [0, 0.05) is 23.0 Å². The zero-order valence-electron chi connectivity index (χ0n) is 12.9. The van der Waals surface area contributed by atoms with Gasteiger partial charge in [-0.05, 0) is 42.6 Å². The zero-order valence-corrected chi connectivity index (χ0v) is 13.6. The molecule has 2 rings (SSSR count). The Bertz CT molecular complexity index is 611. The van der Waals surface area contributed by atoms with Crippen LogP contribution in [0.15, 0.2) is 36.5 Å². The van der Waals surface area contributed by atoms with E-state index < -0.39 is 5.24 Å². The highest BCUT2D eigenvalue weighted by Crippen LogP contribution is 2.17. The fraction of sp³-hybridized carbons (Fsp3) is 0.389. The number of carbonyl (C=O) groups excluding carboxylic acids is 1. The number of rotatable bonds is 8. The standard InChI is InChI=1S/C18H21ClN2O/c1-2-3-4-5-6-7-16-12-13-20-18(21-16)15-10-8-14(9-11-15)17(19)22/h8-13H,2-7H2,1H3. The number of aromatic nitrogens is 2. The van der Waals surface area contributed by atoms with Gasteiger partial charge in [-0.15, -0.1) is 0 Å². The lowest BCUT2D eigenvalue weighted by Crippen LogP contribution is -1.96. The van der Waals surface area contributed by atoms with Crippen molar-refractivity contribution in [3.63, 3.8) is 0 Å². The molecule has 1 aromatic carbocycles. The molecule has 4 heteroatoms. The van der Waals surface area contributed by atoms with Gasteiger partial charge in [0.25, 0.3) is 5.24 Å². The maximum Gasteiger partial charge on any atom is 0.252 e. The molecule has 0 aliphatic rings. The molecule has 0 saturated carbocycles. The molecule has 0 atom stereocenters. The fourth-order valence-corrected chi connectivity index (χ4v) is 2.46. The van der Waals surface area contributed by atoms with E-state index in [0.29, 0.717) is 11.4 Å². The summed E-state index contributed by atoms with van der Waals surface area (Å²) in [6.45, 7) is 2.22. The first-order valence-corrected chi connectivity index (χ1v) is 8.20.